The first-order valence-electron chi connectivity index (χ1n) is 9.25. The van der Waals surface area contributed by atoms with Gasteiger partial charge in [0.2, 0.25) is 0 Å². The number of fused-ring (bicyclic) bond motifs is 1. The average molecular weight is 396 g/mol. The van der Waals surface area contributed by atoms with Crippen molar-refractivity contribution in [2.75, 3.05) is 0 Å². The molecule has 0 aliphatic heterocycles. The first-order chi connectivity index (χ1) is 14.6. The maximum atomic E-state index is 12.9. The molecule has 8 nitrogen and oxygen atoms in total. The Labute approximate surface area is 171 Å². The summed E-state index contributed by atoms with van der Waals surface area (Å²) in [5.41, 5.74) is 2.97. The minimum Gasteiger partial charge on any atom is -0.507 e. The molecule has 0 radical (unpaired) electrons. The summed E-state index contributed by atoms with van der Waals surface area (Å²) >= 11 is 0. The molecule has 0 amide bonds. The van der Waals surface area contributed by atoms with Crippen LogP contribution in [-0.2, 0) is 0 Å². The number of phenolic OH excluding ortho intramolecular Hbond substituents is 1. The molecule has 0 saturated carbocycles. The molecule has 0 saturated heterocycles. The summed E-state index contributed by atoms with van der Waals surface area (Å²) in [5, 5.41) is 19.5. The Balaban J connectivity index is 1.56. The van der Waals surface area contributed by atoms with Gasteiger partial charge in [0.1, 0.15) is 12.1 Å². The van der Waals surface area contributed by atoms with Crippen molar-refractivity contribution in [3.05, 3.63) is 90.1 Å². The highest BCUT2D eigenvalue weighted by Crippen LogP contribution is 2.24. The fourth-order valence-electron chi connectivity index (χ4n) is 3.32. The van der Waals surface area contributed by atoms with E-state index < -0.39 is 0 Å². The van der Waals surface area contributed by atoms with E-state index in [0.717, 1.165) is 11.3 Å². The van der Waals surface area contributed by atoms with Gasteiger partial charge in [-0.2, -0.15) is 10.2 Å². The quantitative estimate of drug-likeness (QED) is 0.468. The van der Waals surface area contributed by atoms with E-state index in [0.29, 0.717) is 22.4 Å². The van der Waals surface area contributed by atoms with Crippen LogP contribution in [0.1, 0.15) is 21.5 Å². The lowest BCUT2D eigenvalue weighted by Gasteiger charge is -2.04. The van der Waals surface area contributed by atoms with Gasteiger partial charge >= 0.3 is 0 Å². The topological polar surface area (TPSA) is 98.7 Å². The zero-order valence-electron chi connectivity index (χ0n) is 16.0. The summed E-state index contributed by atoms with van der Waals surface area (Å²) in [6, 6.07) is 14.6. The highest BCUT2D eigenvalue weighted by Gasteiger charge is 2.18. The lowest BCUT2D eigenvalue weighted by atomic mass is 10.0. The van der Waals surface area contributed by atoms with Gasteiger partial charge in [0.25, 0.3) is 0 Å². The van der Waals surface area contributed by atoms with E-state index in [1.54, 1.807) is 29.2 Å². The molecule has 146 valence electrons. The average Bonchev–Trinajstić information content (AvgIpc) is 3.43. The van der Waals surface area contributed by atoms with Gasteiger partial charge in [-0.1, -0.05) is 29.8 Å². The van der Waals surface area contributed by atoms with Crippen LogP contribution in [0.3, 0.4) is 0 Å². The molecule has 5 rings (SSSR count). The predicted molar refractivity (Wildman–Crippen MR) is 110 cm³/mol. The summed E-state index contributed by atoms with van der Waals surface area (Å²) < 4.78 is 3.24. The number of carbonyl (C=O) groups excluding carboxylic acids is 1. The number of carbonyl (C=O) groups is 1. The van der Waals surface area contributed by atoms with E-state index in [1.807, 2.05) is 37.3 Å². The van der Waals surface area contributed by atoms with E-state index in [9.17, 15) is 9.90 Å². The van der Waals surface area contributed by atoms with E-state index >= 15 is 0 Å². The van der Waals surface area contributed by atoms with Crippen molar-refractivity contribution in [1.82, 2.24) is 29.5 Å². The molecule has 3 heterocycles. The van der Waals surface area contributed by atoms with Crippen LogP contribution in [0.15, 0.2) is 73.4 Å². The third-order valence-corrected chi connectivity index (χ3v) is 4.80. The fourth-order valence-corrected chi connectivity index (χ4v) is 3.32. The number of hydrogen-bond acceptors (Lipinski definition) is 6. The zero-order chi connectivity index (χ0) is 20.7. The predicted octanol–water partition coefficient (Wildman–Crippen LogP) is 3.25. The number of ketones is 1. The van der Waals surface area contributed by atoms with Crippen LogP contribution in [-0.4, -0.2) is 40.4 Å². The second-order valence-corrected chi connectivity index (χ2v) is 6.85. The second kappa shape index (κ2) is 6.93. The number of benzene rings is 2. The molecule has 0 atom stereocenters. The number of aromatic hydroxyl groups is 1. The van der Waals surface area contributed by atoms with E-state index in [1.165, 1.54) is 23.3 Å². The van der Waals surface area contributed by atoms with Gasteiger partial charge in [-0.25, -0.2) is 19.3 Å². The smallest absolute Gasteiger partial charge is 0.199 e. The van der Waals surface area contributed by atoms with Crippen molar-refractivity contribution in [3.8, 4) is 17.3 Å². The van der Waals surface area contributed by atoms with Gasteiger partial charge in [-0.3, -0.25) is 4.79 Å². The summed E-state index contributed by atoms with van der Waals surface area (Å²) in [4.78, 5) is 21.6. The van der Waals surface area contributed by atoms with Crippen LogP contribution in [0, 0.1) is 6.92 Å². The lowest BCUT2D eigenvalue weighted by Crippen LogP contribution is -2.03. The molecular weight excluding hydrogens is 380 g/mol. The number of hydrogen-bond donors (Lipinski definition) is 1. The van der Waals surface area contributed by atoms with Crippen LogP contribution in [0.2, 0.25) is 0 Å². The van der Waals surface area contributed by atoms with Crippen LogP contribution in [0.5, 0.6) is 5.75 Å². The normalized spacial score (nSPS) is 11.1. The van der Waals surface area contributed by atoms with Crippen LogP contribution >= 0.6 is 0 Å². The SMILES string of the molecule is Cc1ccc(O)c(C(=O)c2cnn(-c3ncnc4c3cnn4-c3ccccc3)c2)c1. The van der Waals surface area contributed by atoms with Gasteiger partial charge in [0.05, 0.1) is 34.6 Å². The molecule has 1 N–H and O–H groups in total. The largest absolute Gasteiger partial charge is 0.507 e. The number of phenols is 1. The standard InChI is InChI=1S/C22H16N6O2/c1-14-7-8-19(29)17(9-14)20(30)15-10-25-27(12-15)21-18-11-26-28(22(18)24-13-23-21)16-5-3-2-4-6-16/h2-13,29H,1H3. The van der Waals surface area contributed by atoms with Crippen molar-refractivity contribution >= 4 is 16.8 Å². The monoisotopic (exact) mass is 396 g/mol. The summed E-state index contributed by atoms with van der Waals surface area (Å²) in [7, 11) is 0. The van der Waals surface area contributed by atoms with Crippen molar-refractivity contribution in [3.63, 3.8) is 0 Å². The first-order valence-corrected chi connectivity index (χ1v) is 9.25. The third kappa shape index (κ3) is 2.91. The molecule has 2 aromatic carbocycles. The fraction of sp³-hybridized carbons (Fsp3) is 0.0455. The Bertz CT molecular complexity index is 1390. The molecule has 0 bridgehead atoms. The van der Waals surface area contributed by atoms with Crippen molar-refractivity contribution in [1.29, 1.82) is 0 Å². The molecule has 30 heavy (non-hydrogen) atoms. The Morgan fingerprint density at radius 3 is 2.67 bits per heavy atom. The van der Waals surface area contributed by atoms with Gasteiger partial charge in [-0.05, 0) is 31.2 Å². The molecule has 3 aromatic heterocycles. The summed E-state index contributed by atoms with van der Waals surface area (Å²) in [6.45, 7) is 1.86. The van der Waals surface area contributed by atoms with Crippen LogP contribution < -0.4 is 0 Å². The molecule has 0 aliphatic rings. The van der Waals surface area contributed by atoms with Crippen molar-refractivity contribution in [2.45, 2.75) is 6.92 Å². The minimum atomic E-state index is -0.312. The Hall–Kier alpha value is -4.33. The Kier molecular flexibility index (Phi) is 4.10. The molecule has 0 fully saturated rings. The van der Waals surface area contributed by atoms with Crippen LogP contribution in [0.25, 0.3) is 22.5 Å². The number of para-hydroxylation sites is 1. The lowest BCUT2D eigenvalue weighted by molar-refractivity contribution is 0.103. The second-order valence-electron chi connectivity index (χ2n) is 6.85. The van der Waals surface area contributed by atoms with E-state index in [4.69, 9.17) is 0 Å². The van der Waals surface area contributed by atoms with Gasteiger partial charge in [0, 0.05) is 6.20 Å². The van der Waals surface area contributed by atoms with Crippen molar-refractivity contribution in [2.24, 2.45) is 0 Å². The molecular formula is C22H16N6O2. The van der Waals surface area contributed by atoms with Gasteiger partial charge in [-0.15, -0.1) is 0 Å². The number of aryl methyl sites for hydroxylation is 1. The van der Waals surface area contributed by atoms with Gasteiger partial charge in [0.15, 0.2) is 17.2 Å². The number of aromatic nitrogens is 6. The zero-order valence-corrected chi connectivity index (χ0v) is 16.0. The molecule has 5 aromatic rings. The maximum Gasteiger partial charge on any atom is 0.199 e. The van der Waals surface area contributed by atoms with Gasteiger partial charge < -0.3 is 5.11 Å². The molecule has 0 unspecified atom stereocenters. The number of nitrogens with zero attached hydrogens (tertiary/aromatic N) is 6. The third-order valence-electron chi connectivity index (χ3n) is 4.80. The summed E-state index contributed by atoms with van der Waals surface area (Å²) in [5.74, 6) is 0.134. The minimum absolute atomic E-state index is 0.0630. The Morgan fingerprint density at radius 2 is 1.83 bits per heavy atom. The highest BCUT2D eigenvalue weighted by molar-refractivity contribution is 6.10. The number of rotatable bonds is 4. The molecule has 0 aliphatic carbocycles. The highest BCUT2D eigenvalue weighted by atomic mass is 16.3. The van der Waals surface area contributed by atoms with E-state index in [2.05, 4.69) is 20.2 Å². The van der Waals surface area contributed by atoms with Crippen molar-refractivity contribution < 1.29 is 9.90 Å². The van der Waals surface area contributed by atoms with E-state index in [-0.39, 0.29) is 17.1 Å². The van der Waals surface area contributed by atoms with Crippen LogP contribution in [0.4, 0.5) is 0 Å². The first kappa shape index (κ1) is 17.7. The molecule has 0 spiro atoms. The Morgan fingerprint density at radius 1 is 1.00 bits per heavy atom. The molecule has 8 heteroatoms. The maximum absolute atomic E-state index is 12.9. The summed E-state index contributed by atoms with van der Waals surface area (Å²) in [6.07, 6.45) is 6.16.